The van der Waals surface area contributed by atoms with Crippen LogP contribution in [0.25, 0.3) is 10.8 Å². The molecule has 5 aromatic rings. The molecule has 0 atom stereocenters. The van der Waals surface area contributed by atoms with Crippen LogP contribution in [0.15, 0.2) is 65.2 Å². The molecule has 0 saturated heterocycles. The van der Waals surface area contributed by atoms with Crippen molar-refractivity contribution >= 4 is 22.4 Å². The molecule has 188 valence electrons. The first-order chi connectivity index (χ1) is 17.8. The minimum absolute atomic E-state index is 0.179. The Morgan fingerprint density at radius 3 is 2.57 bits per heavy atom. The van der Waals surface area contributed by atoms with Crippen LogP contribution < -0.4 is 10.1 Å². The van der Waals surface area contributed by atoms with Gasteiger partial charge in [-0.15, -0.1) is 0 Å². The summed E-state index contributed by atoms with van der Waals surface area (Å²) in [6, 6.07) is 20.5. The Labute approximate surface area is 216 Å². The van der Waals surface area contributed by atoms with Gasteiger partial charge in [0.05, 0.1) is 29.2 Å². The quantitative estimate of drug-likeness (QED) is 0.281. The van der Waals surface area contributed by atoms with Crippen molar-refractivity contribution in [2.75, 3.05) is 5.32 Å². The molecule has 0 radical (unpaired) electrons. The number of nitrogens with one attached hydrogen (secondary N) is 1. The number of aromatic nitrogens is 3. The highest BCUT2D eigenvalue weighted by atomic mass is 16.5. The summed E-state index contributed by atoms with van der Waals surface area (Å²) in [5.74, 6) is 0.928. The molecule has 0 unspecified atom stereocenters. The van der Waals surface area contributed by atoms with E-state index in [1.807, 2.05) is 55.8 Å². The average Bonchev–Trinajstić information content (AvgIpc) is 3.39. The van der Waals surface area contributed by atoms with Crippen LogP contribution in [0.2, 0.25) is 0 Å². The van der Waals surface area contributed by atoms with Crippen LogP contribution in [0, 0.1) is 34.6 Å². The summed E-state index contributed by atoms with van der Waals surface area (Å²) in [5, 5.41) is 14.1. The summed E-state index contributed by atoms with van der Waals surface area (Å²) in [6.07, 6.45) is 0. The number of benzene rings is 3. The molecule has 0 aliphatic rings. The van der Waals surface area contributed by atoms with Crippen LogP contribution in [-0.2, 0) is 13.2 Å². The molecule has 0 aliphatic carbocycles. The van der Waals surface area contributed by atoms with Gasteiger partial charge in [-0.3, -0.25) is 9.48 Å². The van der Waals surface area contributed by atoms with Gasteiger partial charge in [-0.25, -0.2) is 0 Å². The molecule has 2 heterocycles. The average molecular weight is 495 g/mol. The van der Waals surface area contributed by atoms with Gasteiger partial charge in [0, 0.05) is 0 Å². The third-order valence-corrected chi connectivity index (χ3v) is 6.88. The number of fused-ring (bicyclic) bond motifs is 1. The highest BCUT2D eigenvalue weighted by Gasteiger charge is 2.23. The zero-order valence-corrected chi connectivity index (χ0v) is 21.8. The Morgan fingerprint density at radius 2 is 1.76 bits per heavy atom. The maximum absolute atomic E-state index is 13.3. The molecule has 1 amide bonds. The molecule has 3 aromatic carbocycles. The van der Waals surface area contributed by atoms with E-state index in [-0.39, 0.29) is 18.2 Å². The van der Waals surface area contributed by atoms with Crippen molar-refractivity contribution < 1.29 is 14.1 Å². The van der Waals surface area contributed by atoms with Gasteiger partial charge in [0.15, 0.2) is 5.69 Å². The Hall–Kier alpha value is -4.39. The number of ether oxygens (including phenoxy) is 1. The van der Waals surface area contributed by atoms with E-state index in [4.69, 9.17) is 14.4 Å². The van der Waals surface area contributed by atoms with Crippen molar-refractivity contribution in [1.82, 2.24) is 14.9 Å². The lowest BCUT2D eigenvalue weighted by molar-refractivity contribution is 0.101. The lowest BCUT2D eigenvalue weighted by atomic mass is 10.0. The van der Waals surface area contributed by atoms with Gasteiger partial charge in [-0.05, 0) is 74.2 Å². The fraction of sp³-hybridized carbons (Fsp3) is 0.233. The van der Waals surface area contributed by atoms with E-state index in [2.05, 4.69) is 47.7 Å². The second-order valence-electron chi connectivity index (χ2n) is 9.40. The van der Waals surface area contributed by atoms with Gasteiger partial charge in [0.2, 0.25) is 0 Å². The number of anilines is 1. The normalized spacial score (nSPS) is 11.2. The van der Waals surface area contributed by atoms with Gasteiger partial charge in [-0.2, -0.15) is 5.10 Å². The maximum Gasteiger partial charge on any atom is 0.278 e. The zero-order chi connectivity index (χ0) is 26.1. The highest BCUT2D eigenvalue weighted by molar-refractivity contribution is 6.04. The van der Waals surface area contributed by atoms with Crippen LogP contribution in [0.1, 0.15) is 49.9 Å². The molecule has 0 bridgehead atoms. The molecule has 1 N–H and O–H groups in total. The molecular weight excluding hydrogens is 464 g/mol. The SMILES string of the molecule is Cc1ccc(OCc2c(C(=O)Nc3c(C)nn(Cc4cccc5ccccc45)c3C)noc2C)cc1C. The number of nitrogens with zero attached hydrogens (tertiary/aromatic N) is 3. The van der Waals surface area contributed by atoms with Gasteiger partial charge in [0.1, 0.15) is 18.1 Å². The van der Waals surface area contributed by atoms with E-state index >= 15 is 0 Å². The maximum atomic E-state index is 13.3. The van der Waals surface area contributed by atoms with Crippen molar-refractivity contribution in [1.29, 1.82) is 0 Å². The Bertz CT molecular complexity index is 1610. The summed E-state index contributed by atoms with van der Waals surface area (Å²) in [4.78, 5) is 13.3. The minimum Gasteiger partial charge on any atom is -0.489 e. The van der Waals surface area contributed by atoms with Crippen molar-refractivity contribution in [2.45, 2.75) is 47.8 Å². The second-order valence-corrected chi connectivity index (χ2v) is 9.40. The number of hydrogen-bond donors (Lipinski definition) is 1. The standard InChI is InChI=1S/C30H30N4O3/c1-18-13-14-25(15-19(18)2)36-17-27-22(5)37-33-29(27)30(35)31-28-20(3)32-34(21(28)4)16-24-11-8-10-23-9-6-7-12-26(23)24/h6-15H,16-17H2,1-5H3,(H,31,35). The first-order valence-electron chi connectivity index (χ1n) is 12.3. The van der Waals surface area contributed by atoms with Gasteiger partial charge in [-0.1, -0.05) is 53.7 Å². The summed E-state index contributed by atoms with van der Waals surface area (Å²) in [5.41, 5.74) is 6.61. The molecule has 0 fully saturated rings. The summed E-state index contributed by atoms with van der Waals surface area (Å²) >= 11 is 0. The predicted octanol–water partition coefficient (Wildman–Crippen LogP) is 6.45. The molecule has 37 heavy (non-hydrogen) atoms. The van der Waals surface area contributed by atoms with Crippen LogP contribution >= 0.6 is 0 Å². The number of rotatable bonds is 7. The third-order valence-electron chi connectivity index (χ3n) is 6.88. The van der Waals surface area contributed by atoms with Crippen molar-refractivity contribution in [2.24, 2.45) is 0 Å². The van der Waals surface area contributed by atoms with Gasteiger partial charge >= 0.3 is 0 Å². The van der Waals surface area contributed by atoms with Crippen molar-refractivity contribution in [3.63, 3.8) is 0 Å². The molecule has 0 spiro atoms. The molecule has 7 heteroatoms. The Balaban J connectivity index is 1.35. The number of hydrogen-bond acceptors (Lipinski definition) is 5. The Kier molecular flexibility index (Phi) is 6.53. The number of carbonyl (C=O) groups is 1. The first-order valence-corrected chi connectivity index (χ1v) is 12.3. The summed E-state index contributed by atoms with van der Waals surface area (Å²) in [6.45, 7) is 10.5. The number of carbonyl (C=O) groups excluding carboxylic acids is 1. The molecular formula is C30H30N4O3. The largest absolute Gasteiger partial charge is 0.489 e. The van der Waals surface area contributed by atoms with Gasteiger partial charge < -0.3 is 14.6 Å². The van der Waals surface area contributed by atoms with Crippen LogP contribution in [0.5, 0.6) is 5.75 Å². The molecule has 5 rings (SSSR count). The van der Waals surface area contributed by atoms with Crippen LogP contribution in [-0.4, -0.2) is 20.8 Å². The fourth-order valence-electron chi connectivity index (χ4n) is 4.49. The van der Waals surface area contributed by atoms with E-state index in [0.717, 1.165) is 22.7 Å². The summed E-state index contributed by atoms with van der Waals surface area (Å²) < 4.78 is 13.2. The monoisotopic (exact) mass is 494 g/mol. The van der Waals surface area contributed by atoms with Crippen molar-refractivity contribution in [3.8, 4) is 5.75 Å². The first kappa shape index (κ1) is 24.3. The predicted molar refractivity (Wildman–Crippen MR) is 144 cm³/mol. The van der Waals surface area contributed by atoms with Gasteiger partial charge in [0.25, 0.3) is 5.91 Å². The second kappa shape index (κ2) is 9.93. The third kappa shape index (κ3) is 4.85. The van der Waals surface area contributed by atoms with E-state index in [1.54, 1.807) is 6.92 Å². The van der Waals surface area contributed by atoms with Crippen molar-refractivity contribution in [3.05, 3.63) is 106 Å². The smallest absolute Gasteiger partial charge is 0.278 e. The highest BCUT2D eigenvalue weighted by Crippen LogP contribution is 2.26. The van der Waals surface area contributed by atoms with Crippen LogP contribution in [0.4, 0.5) is 5.69 Å². The lowest BCUT2D eigenvalue weighted by Crippen LogP contribution is -2.16. The number of amides is 1. The Morgan fingerprint density at radius 1 is 0.973 bits per heavy atom. The lowest BCUT2D eigenvalue weighted by Gasteiger charge is -2.10. The van der Waals surface area contributed by atoms with Crippen LogP contribution in [0.3, 0.4) is 0 Å². The fourth-order valence-corrected chi connectivity index (χ4v) is 4.49. The van der Waals surface area contributed by atoms with E-state index < -0.39 is 0 Å². The molecule has 0 saturated carbocycles. The van der Waals surface area contributed by atoms with E-state index in [0.29, 0.717) is 23.6 Å². The number of aryl methyl sites for hydroxylation is 4. The zero-order valence-electron chi connectivity index (χ0n) is 21.8. The minimum atomic E-state index is -0.355. The molecule has 0 aliphatic heterocycles. The van der Waals surface area contributed by atoms with E-state index in [9.17, 15) is 4.79 Å². The van der Waals surface area contributed by atoms with E-state index in [1.165, 1.54) is 21.9 Å². The topological polar surface area (TPSA) is 82.2 Å². The molecule has 2 aromatic heterocycles. The summed E-state index contributed by atoms with van der Waals surface area (Å²) in [7, 11) is 0. The molecule has 7 nitrogen and oxygen atoms in total.